The lowest BCUT2D eigenvalue weighted by Gasteiger charge is -2.29. The molecule has 0 atom stereocenters. The highest BCUT2D eigenvalue weighted by molar-refractivity contribution is 6.64. The van der Waals surface area contributed by atoms with E-state index in [0.717, 1.165) is 0 Å². The normalized spacial score (nSPS) is 12.1. The van der Waals surface area contributed by atoms with Gasteiger partial charge in [0.25, 0.3) is 6.26 Å². The Kier molecular flexibility index (Phi) is 49.6. The van der Waals surface area contributed by atoms with Gasteiger partial charge in [-0.3, -0.25) is 9.59 Å². The van der Waals surface area contributed by atoms with Gasteiger partial charge in [0, 0.05) is 11.4 Å². The highest BCUT2D eigenvalue weighted by Crippen LogP contribution is 2.25. The fraction of sp³-hybridized carbons (Fsp3) is 0.432. The number of ether oxygens (including phenoxy) is 6. The number of nitrogens with two attached hydrogens (primary N) is 1. The summed E-state index contributed by atoms with van der Waals surface area (Å²) in [6.07, 6.45) is 0.0201. The number of esters is 1. The zero-order valence-electron chi connectivity index (χ0n) is 30.8. The average Bonchev–Trinajstić information content (AvgIpc) is 3.20. The largest absolute Gasteiger partial charge is 0.508 e. The van der Waals surface area contributed by atoms with E-state index in [-0.39, 0.29) is 106 Å². The van der Waals surface area contributed by atoms with Crippen LogP contribution in [-0.2, 0) is 33.3 Å². The van der Waals surface area contributed by atoms with E-state index in [0.29, 0.717) is 17.1 Å². The van der Waals surface area contributed by atoms with Crippen LogP contribution in [-0.4, -0.2) is 92.4 Å². The lowest BCUT2D eigenvalue weighted by atomic mass is 9.93. The molecule has 20 nitrogen and oxygen atoms in total. The van der Waals surface area contributed by atoms with Gasteiger partial charge in [0.15, 0.2) is 6.73 Å². The Bertz CT molecular complexity index is 1720. The lowest BCUT2D eigenvalue weighted by molar-refractivity contribution is -0.166. The van der Waals surface area contributed by atoms with E-state index in [1.54, 1.807) is 68.6 Å². The molecule has 5 rings (SSSR count). The minimum atomic E-state index is -1.08. The number of aliphatic hydroxyl groups is 2. The van der Waals surface area contributed by atoms with E-state index < -0.39 is 46.4 Å². The Balaban J connectivity index is -0.000000110. The van der Waals surface area contributed by atoms with E-state index in [4.69, 9.17) is 31.8 Å². The van der Waals surface area contributed by atoms with Gasteiger partial charge in [-0.25, -0.2) is 19.2 Å². The van der Waals surface area contributed by atoms with Gasteiger partial charge in [-0.05, 0) is 61.8 Å². The summed E-state index contributed by atoms with van der Waals surface area (Å²) in [5.74, 6) is -0.0417. The molecule has 0 saturated carbocycles. The topological polar surface area (TPSA) is 296 Å². The number of anilines is 2. The maximum atomic E-state index is 11.9. The second kappa shape index (κ2) is 42.6. The summed E-state index contributed by atoms with van der Waals surface area (Å²) in [5.41, 5.74) is 3.76. The van der Waals surface area contributed by atoms with Crippen molar-refractivity contribution in [1.82, 2.24) is 10.6 Å². The van der Waals surface area contributed by atoms with Crippen LogP contribution in [0.3, 0.4) is 0 Å². The molecule has 2 saturated heterocycles. The van der Waals surface area contributed by atoms with Crippen molar-refractivity contribution in [2.75, 3.05) is 57.3 Å². The average molecular weight is 948 g/mol. The monoisotopic (exact) mass is 947 g/mol. The summed E-state index contributed by atoms with van der Waals surface area (Å²) >= 11 is 5.24. The van der Waals surface area contributed by atoms with E-state index in [1.807, 2.05) is 42.5 Å². The molecule has 0 unspecified atom stereocenters. The first kappa shape index (κ1) is 75.7. The predicted octanol–water partition coefficient (Wildman–Crippen LogP) is 8.69. The van der Waals surface area contributed by atoms with Crippen molar-refractivity contribution in [1.29, 1.82) is 5.26 Å². The van der Waals surface area contributed by atoms with Crippen LogP contribution in [0.5, 0.6) is 5.75 Å². The van der Waals surface area contributed by atoms with Crippen LogP contribution in [0.2, 0.25) is 0 Å². The molecule has 372 valence electrons. The number of benzene rings is 3. The number of hydrogen-bond donors (Lipinski definition) is 7. The molecule has 8 N–H and O–H groups in total. The maximum Gasteiger partial charge on any atom is 0.508 e. The molecule has 3 aromatic carbocycles. The molecule has 2 aliphatic heterocycles. The second-order valence-corrected chi connectivity index (χ2v) is 11.8. The number of hydrogen-bond acceptors (Lipinski definition) is 16. The molecule has 2 heterocycles. The number of rotatable bonds is 8. The van der Waals surface area contributed by atoms with Gasteiger partial charge in [-0.15, -0.1) is 5.26 Å². The van der Waals surface area contributed by atoms with Crippen molar-refractivity contribution < 1.29 is 67.4 Å². The van der Waals surface area contributed by atoms with Crippen LogP contribution < -0.4 is 31.7 Å². The van der Waals surface area contributed by atoms with E-state index >= 15 is 0 Å². The second-order valence-electron chi connectivity index (χ2n) is 11.5. The van der Waals surface area contributed by atoms with Crippen LogP contribution in [0, 0.1) is 22.3 Å². The Labute approximate surface area is 391 Å². The standard InChI is InChI=1S/C14H16N2O6.C8H10N2O2.C7H5NO.C6H7ClO4.CH5NO.8CH4/c1-14(7-20-13(19)21-8-14)11(17)22-9-15-12(18)16-10-5-3-2-4-6-10;11-6-9-8(12)10-7-4-2-1-3-5-7;8-6-9-7-4-2-1-3-5-7;1-6(4(7)8)2-10-5(9)11-3-6;2-1-3;;;;;;;;/h2-6H,7-9H2,1H3,(H2,15,16,18);1-5,11H,6H2,(H2,9,10,12);1-5H;2-3H2,1H3;3H,1-2H2;8*1H4. The SMILES string of the molecule is C.C.C.C.C.C.C.C.CC1(C(=O)Cl)COC(=O)OC1.CC1(C(=O)OCNC(=O)Nc2ccccc2)COC(=O)OC1.N#COc1ccccc1.NCO.O=C(NCO)Nc1ccccc1. The molecule has 2 fully saturated rings. The zero-order chi connectivity index (χ0) is 42.5. The molecule has 0 spiro atoms. The molecule has 0 radical (unpaired) electrons. The van der Waals surface area contributed by atoms with Gasteiger partial charge in [-0.2, -0.15) is 0 Å². The van der Waals surface area contributed by atoms with Crippen LogP contribution in [0.25, 0.3) is 0 Å². The molecule has 4 amide bonds. The first-order valence-electron chi connectivity index (χ1n) is 16.4. The van der Waals surface area contributed by atoms with Crippen LogP contribution in [0.1, 0.15) is 73.3 Å². The Morgan fingerprint density at radius 2 is 1.00 bits per heavy atom. The third-order valence-corrected chi connectivity index (χ3v) is 7.10. The fourth-order valence-electron chi connectivity index (χ4n) is 3.62. The summed E-state index contributed by atoms with van der Waals surface area (Å²) in [6.45, 7) is 1.95. The summed E-state index contributed by atoms with van der Waals surface area (Å²) in [7, 11) is 0. The lowest BCUT2D eigenvalue weighted by Crippen LogP contribution is -2.45. The van der Waals surface area contributed by atoms with Crippen molar-refractivity contribution in [3.8, 4) is 12.0 Å². The molecule has 65 heavy (non-hydrogen) atoms. The van der Waals surface area contributed by atoms with E-state index in [1.165, 1.54) is 0 Å². The molecule has 0 bridgehead atoms. The minimum absolute atomic E-state index is 0. The molecule has 0 aliphatic carbocycles. The van der Waals surface area contributed by atoms with Crippen molar-refractivity contribution >= 4 is 58.6 Å². The Morgan fingerprint density at radius 1 is 0.662 bits per heavy atom. The smallest absolute Gasteiger partial charge is 0.444 e. The van der Waals surface area contributed by atoms with Gasteiger partial charge in [0.05, 0.1) is 6.73 Å². The predicted molar refractivity (Wildman–Crippen MR) is 255 cm³/mol. The van der Waals surface area contributed by atoms with Gasteiger partial charge < -0.3 is 65.6 Å². The highest BCUT2D eigenvalue weighted by atomic mass is 35.5. The first-order chi connectivity index (χ1) is 27.2. The Hall–Kier alpha value is -6.66. The summed E-state index contributed by atoms with van der Waals surface area (Å²) in [6, 6.07) is 25.9. The van der Waals surface area contributed by atoms with E-state index in [2.05, 4.69) is 50.7 Å². The molecule has 3 aromatic rings. The van der Waals surface area contributed by atoms with Crippen LogP contribution in [0.15, 0.2) is 91.0 Å². The number of carbonyl (C=O) groups excluding carboxylic acids is 6. The maximum absolute atomic E-state index is 11.9. The number of carbonyl (C=O) groups is 6. The van der Waals surface area contributed by atoms with Crippen LogP contribution >= 0.6 is 11.6 Å². The van der Waals surface area contributed by atoms with Crippen molar-refractivity contribution in [3.05, 3.63) is 91.0 Å². The number of halogens is 1. The molecule has 2 aliphatic rings. The third-order valence-electron chi connectivity index (χ3n) is 6.65. The first-order valence-corrected chi connectivity index (χ1v) is 16.8. The number of nitrogens with one attached hydrogen (secondary N) is 4. The highest BCUT2D eigenvalue weighted by Gasteiger charge is 2.42. The van der Waals surface area contributed by atoms with E-state index in [9.17, 15) is 28.8 Å². The van der Waals surface area contributed by atoms with Gasteiger partial charge >= 0.3 is 30.3 Å². The van der Waals surface area contributed by atoms with Crippen molar-refractivity contribution in [2.45, 2.75) is 73.3 Å². The van der Waals surface area contributed by atoms with Crippen LogP contribution in [0.4, 0.5) is 30.6 Å². The summed E-state index contributed by atoms with van der Waals surface area (Å²) in [4.78, 5) is 66.2. The third kappa shape index (κ3) is 32.6. The molecular weight excluding hydrogens is 872 g/mol. The number of nitrogens with zero attached hydrogens (tertiary/aromatic N) is 1. The zero-order valence-corrected chi connectivity index (χ0v) is 31.6. The van der Waals surface area contributed by atoms with Gasteiger partial charge in [0.2, 0.25) is 5.24 Å². The molecule has 0 aromatic heterocycles. The molecular formula is C44H75ClN6O14. The minimum Gasteiger partial charge on any atom is -0.444 e. The summed E-state index contributed by atoms with van der Waals surface area (Å²) < 4.78 is 27.8. The quantitative estimate of drug-likeness (QED) is 0.0365. The Morgan fingerprint density at radius 3 is 1.34 bits per heavy atom. The summed E-state index contributed by atoms with van der Waals surface area (Å²) in [5, 5.41) is 32.9. The number of cyclic esters (lactones) is 4. The molecule has 21 heteroatoms. The number of aliphatic hydroxyl groups excluding tert-OH is 2. The fourth-order valence-corrected chi connectivity index (χ4v) is 3.73. The van der Waals surface area contributed by atoms with Gasteiger partial charge in [0.1, 0.15) is 49.7 Å². The number of nitriles is 1. The van der Waals surface area contributed by atoms with Crippen molar-refractivity contribution in [3.63, 3.8) is 0 Å². The van der Waals surface area contributed by atoms with Gasteiger partial charge in [-0.1, -0.05) is 114 Å². The number of amides is 4. The number of urea groups is 2. The number of para-hydroxylation sites is 3. The van der Waals surface area contributed by atoms with Crippen molar-refractivity contribution in [2.24, 2.45) is 16.6 Å².